The van der Waals surface area contributed by atoms with Crippen LogP contribution in [0, 0.1) is 0 Å². The maximum Gasteiger partial charge on any atom is 0.407 e. The zero-order valence-corrected chi connectivity index (χ0v) is 13.3. The zero-order valence-electron chi connectivity index (χ0n) is 13.3. The van der Waals surface area contributed by atoms with Crippen LogP contribution in [-0.4, -0.2) is 35.0 Å². The van der Waals surface area contributed by atoms with Gasteiger partial charge in [-0.05, 0) is 23.3 Å². The average molecular weight is 342 g/mol. The van der Waals surface area contributed by atoms with E-state index in [9.17, 15) is 19.8 Å². The Morgan fingerprint density at radius 2 is 1.80 bits per heavy atom. The molecule has 2 aromatic carbocycles. The van der Waals surface area contributed by atoms with Crippen molar-refractivity contribution < 1.29 is 24.5 Å². The number of nitrogens with zero attached hydrogens (tertiary/aromatic N) is 1. The molecule has 25 heavy (non-hydrogen) atoms. The summed E-state index contributed by atoms with van der Waals surface area (Å²) in [5, 5.41) is 22.4. The first-order valence-electron chi connectivity index (χ1n) is 7.58. The van der Waals surface area contributed by atoms with Crippen LogP contribution in [0.3, 0.4) is 0 Å². The van der Waals surface area contributed by atoms with Gasteiger partial charge in [-0.3, -0.25) is 0 Å². The van der Waals surface area contributed by atoms with Crippen LogP contribution in [0.25, 0.3) is 0 Å². The Hall–Kier alpha value is -2.99. The quantitative estimate of drug-likeness (QED) is 0.527. The minimum Gasteiger partial charge on any atom is -0.445 e. The maximum absolute atomic E-state index is 11.6. The molecule has 0 aliphatic heterocycles. The second-order valence-electron chi connectivity index (χ2n) is 5.25. The predicted molar refractivity (Wildman–Crippen MR) is 89.8 cm³/mol. The van der Waals surface area contributed by atoms with Crippen LogP contribution in [-0.2, 0) is 16.1 Å². The molecular weight excluding hydrogens is 324 g/mol. The lowest BCUT2D eigenvalue weighted by atomic mass is 10.0. The third-order valence-corrected chi connectivity index (χ3v) is 3.44. The monoisotopic (exact) mass is 342 g/mol. The first-order valence-corrected chi connectivity index (χ1v) is 7.58. The van der Waals surface area contributed by atoms with Crippen molar-refractivity contribution in [3.63, 3.8) is 0 Å². The van der Waals surface area contributed by atoms with Gasteiger partial charge in [-0.2, -0.15) is 4.99 Å². The molecule has 0 radical (unpaired) electrons. The number of aliphatic hydroxyl groups is 2. The van der Waals surface area contributed by atoms with E-state index in [0.29, 0.717) is 11.3 Å². The van der Waals surface area contributed by atoms with Gasteiger partial charge in [0.05, 0.1) is 5.69 Å². The van der Waals surface area contributed by atoms with Gasteiger partial charge in [0.15, 0.2) is 0 Å². The van der Waals surface area contributed by atoms with Gasteiger partial charge in [0.1, 0.15) is 18.8 Å². The summed E-state index contributed by atoms with van der Waals surface area (Å²) in [4.78, 5) is 25.2. The second-order valence-corrected chi connectivity index (χ2v) is 5.25. The number of ether oxygens (including phenoxy) is 1. The van der Waals surface area contributed by atoms with Gasteiger partial charge in [-0.1, -0.05) is 42.5 Å². The van der Waals surface area contributed by atoms with Gasteiger partial charge in [0, 0.05) is 6.54 Å². The van der Waals surface area contributed by atoms with Gasteiger partial charge in [0.2, 0.25) is 6.08 Å². The Bertz CT molecular complexity index is 727. The minimum absolute atomic E-state index is 0.115. The molecule has 0 aliphatic rings. The maximum atomic E-state index is 11.6. The van der Waals surface area contributed by atoms with Crippen molar-refractivity contribution in [2.75, 3.05) is 6.54 Å². The molecule has 0 heterocycles. The second kappa shape index (κ2) is 9.34. The summed E-state index contributed by atoms with van der Waals surface area (Å²) in [7, 11) is 0. The van der Waals surface area contributed by atoms with Crippen molar-refractivity contribution in [2.45, 2.75) is 18.8 Å². The molecule has 0 saturated carbocycles. The standard InChI is InChI=1S/C18H18N2O5/c21-12-20-15-8-6-14(7-9-15)17(23)16(22)10-19-18(24)25-11-13-4-2-1-3-5-13/h1-9,16-17,22-23H,10-11H2,(H,19,24). The Morgan fingerprint density at radius 1 is 1.12 bits per heavy atom. The molecule has 2 unspecified atom stereocenters. The molecule has 1 amide bonds. The number of hydrogen-bond acceptors (Lipinski definition) is 6. The number of alkyl carbamates (subject to hydrolysis) is 1. The summed E-state index contributed by atoms with van der Waals surface area (Å²) in [6.07, 6.45) is -1.70. The van der Waals surface area contributed by atoms with Crippen molar-refractivity contribution in [1.29, 1.82) is 0 Å². The topological polar surface area (TPSA) is 108 Å². The van der Waals surface area contributed by atoms with Crippen LogP contribution in [0.4, 0.5) is 10.5 Å². The van der Waals surface area contributed by atoms with Gasteiger partial charge >= 0.3 is 6.09 Å². The van der Waals surface area contributed by atoms with Crippen LogP contribution in [0.2, 0.25) is 0 Å². The van der Waals surface area contributed by atoms with E-state index in [1.54, 1.807) is 0 Å². The number of carbonyl (C=O) groups excluding carboxylic acids is 2. The molecule has 130 valence electrons. The Labute approximate surface area is 144 Å². The molecule has 0 aromatic heterocycles. The van der Waals surface area contributed by atoms with E-state index in [-0.39, 0.29) is 13.2 Å². The Kier molecular flexibility index (Phi) is 6.86. The number of benzene rings is 2. The molecule has 0 aliphatic carbocycles. The molecule has 0 bridgehead atoms. The zero-order chi connectivity index (χ0) is 18.1. The number of amides is 1. The number of isocyanates is 1. The lowest BCUT2D eigenvalue weighted by Crippen LogP contribution is -2.35. The Balaban J connectivity index is 1.79. The molecule has 7 nitrogen and oxygen atoms in total. The van der Waals surface area contributed by atoms with E-state index in [1.165, 1.54) is 30.3 Å². The highest BCUT2D eigenvalue weighted by molar-refractivity contribution is 5.67. The SMILES string of the molecule is O=C=Nc1ccc(C(O)C(O)CNC(=O)OCc2ccccc2)cc1. The fourth-order valence-corrected chi connectivity index (χ4v) is 2.09. The van der Waals surface area contributed by atoms with E-state index < -0.39 is 18.3 Å². The first kappa shape index (κ1) is 18.4. The highest BCUT2D eigenvalue weighted by atomic mass is 16.5. The molecule has 2 rings (SSSR count). The van der Waals surface area contributed by atoms with Gasteiger partial charge in [0.25, 0.3) is 0 Å². The number of hydrogen-bond donors (Lipinski definition) is 3. The van der Waals surface area contributed by atoms with Crippen molar-refractivity contribution >= 4 is 17.9 Å². The fraction of sp³-hybridized carbons (Fsp3) is 0.222. The molecule has 2 aromatic rings. The van der Waals surface area contributed by atoms with E-state index >= 15 is 0 Å². The van der Waals surface area contributed by atoms with E-state index in [2.05, 4.69) is 10.3 Å². The third kappa shape index (κ3) is 5.86. The number of carbonyl (C=O) groups is 1. The summed E-state index contributed by atoms with van der Waals surface area (Å²) < 4.78 is 5.01. The molecule has 3 N–H and O–H groups in total. The van der Waals surface area contributed by atoms with Crippen molar-refractivity contribution in [2.24, 2.45) is 4.99 Å². The van der Waals surface area contributed by atoms with Crippen molar-refractivity contribution in [3.8, 4) is 0 Å². The highest BCUT2D eigenvalue weighted by Crippen LogP contribution is 2.20. The van der Waals surface area contributed by atoms with Crippen molar-refractivity contribution in [3.05, 3.63) is 65.7 Å². The predicted octanol–water partition coefficient (Wildman–Crippen LogP) is 1.97. The number of rotatable bonds is 7. The highest BCUT2D eigenvalue weighted by Gasteiger charge is 2.19. The molecule has 0 fully saturated rings. The van der Waals surface area contributed by atoms with Gasteiger partial charge in [-0.15, -0.1) is 0 Å². The summed E-state index contributed by atoms with van der Waals surface area (Å²) in [6.45, 7) is -0.0624. The number of aliphatic imine (C=N–C) groups is 1. The first-order chi connectivity index (χ1) is 12.1. The van der Waals surface area contributed by atoms with Crippen LogP contribution in [0.15, 0.2) is 59.6 Å². The van der Waals surface area contributed by atoms with Gasteiger partial charge in [-0.25, -0.2) is 9.59 Å². The summed E-state index contributed by atoms with van der Waals surface area (Å²) >= 11 is 0. The summed E-state index contributed by atoms with van der Waals surface area (Å²) in [5.74, 6) is 0. The van der Waals surface area contributed by atoms with Crippen LogP contribution < -0.4 is 5.32 Å². The number of nitrogens with one attached hydrogen (secondary N) is 1. The number of aliphatic hydroxyl groups excluding tert-OH is 2. The normalized spacial score (nSPS) is 12.6. The lowest BCUT2D eigenvalue weighted by molar-refractivity contribution is 0.0184. The van der Waals surface area contributed by atoms with Crippen LogP contribution >= 0.6 is 0 Å². The average Bonchev–Trinajstić information content (AvgIpc) is 2.65. The molecule has 0 saturated heterocycles. The summed E-state index contributed by atoms with van der Waals surface area (Å²) in [5.41, 5.74) is 1.66. The van der Waals surface area contributed by atoms with Gasteiger partial charge < -0.3 is 20.3 Å². The molecule has 0 spiro atoms. The van der Waals surface area contributed by atoms with E-state index in [0.717, 1.165) is 5.56 Å². The van der Waals surface area contributed by atoms with E-state index in [4.69, 9.17) is 4.74 Å². The third-order valence-electron chi connectivity index (χ3n) is 3.44. The molecule has 2 atom stereocenters. The fourth-order valence-electron chi connectivity index (χ4n) is 2.09. The molecular formula is C18H18N2O5. The molecule has 7 heteroatoms. The Morgan fingerprint density at radius 3 is 2.44 bits per heavy atom. The van der Waals surface area contributed by atoms with E-state index in [1.807, 2.05) is 30.3 Å². The minimum atomic E-state index is -1.22. The van der Waals surface area contributed by atoms with Crippen LogP contribution in [0.5, 0.6) is 0 Å². The van der Waals surface area contributed by atoms with Crippen LogP contribution in [0.1, 0.15) is 17.2 Å². The summed E-state index contributed by atoms with van der Waals surface area (Å²) in [6, 6.07) is 15.3. The lowest BCUT2D eigenvalue weighted by Gasteiger charge is -2.18. The smallest absolute Gasteiger partial charge is 0.407 e. The largest absolute Gasteiger partial charge is 0.445 e. The van der Waals surface area contributed by atoms with Crippen molar-refractivity contribution in [1.82, 2.24) is 5.32 Å².